The van der Waals surface area contributed by atoms with Crippen molar-refractivity contribution in [2.45, 2.75) is 0 Å². The summed E-state index contributed by atoms with van der Waals surface area (Å²) in [4.78, 5) is 6.72. The van der Waals surface area contributed by atoms with Crippen LogP contribution in [0.3, 0.4) is 0 Å². The molecule has 0 bridgehead atoms. The normalized spacial score (nSPS) is 11.2. The molecule has 0 fully saturated rings. The van der Waals surface area contributed by atoms with Gasteiger partial charge in [-0.15, -0.1) is 0 Å². The molecule has 50 heavy (non-hydrogen) atoms. The molecule has 236 valence electrons. The van der Waals surface area contributed by atoms with Crippen LogP contribution in [-0.2, 0) is 0 Å². The Balaban J connectivity index is 1.05. The number of anilines is 3. The number of furan rings is 1. The van der Waals surface area contributed by atoms with E-state index in [2.05, 4.69) is 192 Å². The second kappa shape index (κ2) is 12.7. The van der Waals surface area contributed by atoms with E-state index in [-0.39, 0.29) is 0 Å². The Hall–Kier alpha value is -6.71. The van der Waals surface area contributed by atoms with Gasteiger partial charge in [0.15, 0.2) is 0 Å². The van der Waals surface area contributed by atoms with Crippen LogP contribution in [-0.4, -0.2) is 4.98 Å². The number of aromatic nitrogens is 1. The third-order valence-corrected chi connectivity index (χ3v) is 9.37. The number of fused-ring (bicyclic) bond motifs is 3. The van der Waals surface area contributed by atoms with Gasteiger partial charge in [-0.2, -0.15) is 0 Å². The number of nitrogens with zero attached hydrogens (tertiary/aromatic N) is 2. The fraction of sp³-hybridized carbons (Fsp3) is 0. The summed E-state index contributed by atoms with van der Waals surface area (Å²) in [6.07, 6.45) is 1.77. The van der Waals surface area contributed by atoms with Crippen molar-refractivity contribution in [2.75, 3.05) is 4.90 Å². The van der Waals surface area contributed by atoms with Gasteiger partial charge in [0, 0.05) is 34.0 Å². The van der Waals surface area contributed by atoms with Crippen molar-refractivity contribution >= 4 is 39.1 Å². The fourth-order valence-electron chi connectivity index (χ4n) is 6.79. The van der Waals surface area contributed by atoms with E-state index in [9.17, 15) is 0 Å². The molecule has 0 aliphatic rings. The van der Waals surface area contributed by atoms with E-state index in [4.69, 9.17) is 4.42 Å². The summed E-state index contributed by atoms with van der Waals surface area (Å²) in [7, 11) is 0. The van der Waals surface area contributed by atoms with Gasteiger partial charge >= 0.3 is 0 Å². The first-order valence-electron chi connectivity index (χ1n) is 16.9. The topological polar surface area (TPSA) is 29.3 Å². The fourth-order valence-corrected chi connectivity index (χ4v) is 6.79. The molecule has 2 heterocycles. The Morgan fingerprint density at radius 3 is 1.34 bits per heavy atom. The number of benzene rings is 7. The molecule has 0 amide bonds. The van der Waals surface area contributed by atoms with E-state index >= 15 is 0 Å². The van der Waals surface area contributed by atoms with Crippen LogP contribution in [0.2, 0.25) is 0 Å². The van der Waals surface area contributed by atoms with Gasteiger partial charge in [0.25, 0.3) is 0 Å². The Kier molecular flexibility index (Phi) is 7.49. The van der Waals surface area contributed by atoms with Crippen LogP contribution >= 0.6 is 0 Å². The van der Waals surface area contributed by atoms with Crippen molar-refractivity contribution in [3.05, 3.63) is 194 Å². The molecule has 0 N–H and O–H groups in total. The minimum atomic E-state index is 0.668. The Morgan fingerprint density at radius 1 is 0.340 bits per heavy atom. The second-order valence-corrected chi connectivity index (χ2v) is 12.5. The largest absolute Gasteiger partial charge is 0.438 e. The highest BCUT2D eigenvalue weighted by atomic mass is 16.3. The van der Waals surface area contributed by atoms with Crippen LogP contribution < -0.4 is 4.90 Å². The molecule has 9 aromatic rings. The van der Waals surface area contributed by atoms with E-state index in [1.54, 1.807) is 6.20 Å². The Bertz CT molecular complexity index is 2470. The molecule has 7 aromatic carbocycles. The zero-order valence-corrected chi connectivity index (χ0v) is 27.3. The predicted octanol–water partition coefficient (Wildman–Crippen LogP) is 13.1. The van der Waals surface area contributed by atoms with Crippen LogP contribution in [0.5, 0.6) is 0 Å². The summed E-state index contributed by atoms with van der Waals surface area (Å²) in [5.74, 6) is 0. The maximum absolute atomic E-state index is 6.08. The lowest BCUT2D eigenvalue weighted by atomic mass is 9.98. The molecule has 0 radical (unpaired) electrons. The van der Waals surface area contributed by atoms with Gasteiger partial charge in [-0.05, 0) is 111 Å². The summed E-state index contributed by atoms with van der Waals surface area (Å²) in [6, 6.07) is 66.6. The lowest BCUT2D eigenvalue weighted by Gasteiger charge is -2.26. The Morgan fingerprint density at radius 2 is 0.780 bits per heavy atom. The van der Waals surface area contributed by atoms with Gasteiger partial charge in [-0.25, -0.2) is 4.98 Å². The highest BCUT2D eigenvalue weighted by Gasteiger charge is 2.15. The molecule has 0 saturated heterocycles. The van der Waals surface area contributed by atoms with Gasteiger partial charge < -0.3 is 9.32 Å². The van der Waals surface area contributed by atoms with E-state index in [1.807, 2.05) is 6.07 Å². The molecule has 0 aliphatic heterocycles. The molecule has 0 aliphatic carbocycles. The molecular weight excluding hydrogens is 609 g/mol. The lowest BCUT2D eigenvalue weighted by molar-refractivity contribution is 0.654. The van der Waals surface area contributed by atoms with Crippen LogP contribution in [0.4, 0.5) is 17.1 Å². The lowest BCUT2D eigenvalue weighted by Crippen LogP contribution is -2.09. The predicted molar refractivity (Wildman–Crippen MR) is 208 cm³/mol. The molecule has 2 aromatic heterocycles. The van der Waals surface area contributed by atoms with Gasteiger partial charge in [0.1, 0.15) is 5.58 Å². The molecule has 0 saturated carbocycles. The van der Waals surface area contributed by atoms with Crippen LogP contribution in [0.25, 0.3) is 66.6 Å². The summed E-state index contributed by atoms with van der Waals surface area (Å²) in [6.45, 7) is 0. The van der Waals surface area contributed by atoms with Crippen molar-refractivity contribution in [1.82, 2.24) is 4.98 Å². The van der Waals surface area contributed by atoms with Crippen molar-refractivity contribution in [2.24, 2.45) is 0 Å². The first-order chi connectivity index (χ1) is 24.8. The van der Waals surface area contributed by atoms with Crippen LogP contribution in [0.15, 0.2) is 199 Å². The molecule has 0 spiro atoms. The monoisotopic (exact) mass is 640 g/mol. The van der Waals surface area contributed by atoms with Gasteiger partial charge in [-0.1, -0.05) is 121 Å². The maximum atomic E-state index is 6.08. The van der Waals surface area contributed by atoms with E-state index in [0.29, 0.717) is 5.71 Å². The molecule has 0 atom stereocenters. The number of hydrogen-bond acceptors (Lipinski definition) is 3. The zero-order valence-electron chi connectivity index (χ0n) is 27.3. The third-order valence-electron chi connectivity index (χ3n) is 9.37. The average Bonchev–Trinajstić information content (AvgIpc) is 3.58. The van der Waals surface area contributed by atoms with E-state index in [0.717, 1.165) is 55.7 Å². The smallest absolute Gasteiger partial charge is 0.227 e. The molecule has 9 rings (SSSR count). The van der Waals surface area contributed by atoms with Crippen molar-refractivity contribution < 1.29 is 4.42 Å². The first kappa shape index (κ1) is 29.4. The molecular formula is C47H32N2O. The van der Waals surface area contributed by atoms with Crippen molar-refractivity contribution in [3.8, 4) is 44.5 Å². The third kappa shape index (κ3) is 5.61. The van der Waals surface area contributed by atoms with Crippen LogP contribution in [0.1, 0.15) is 0 Å². The molecule has 3 heteroatoms. The van der Waals surface area contributed by atoms with Crippen LogP contribution in [0, 0.1) is 0 Å². The summed E-state index contributed by atoms with van der Waals surface area (Å²) < 4.78 is 6.08. The molecule has 0 unspecified atom stereocenters. The number of rotatable bonds is 7. The standard InChI is InChI=1S/C47H32N2O/c1-3-9-33(10-4-1)35-16-23-41(24-17-35)49(42-25-18-36(19-26-42)34-11-5-2-6-12-34)43-27-20-37(21-28-43)38-13-7-14-39(31-38)40-22-29-44-45-15-8-30-48-47(45)50-46(44)32-40/h1-32H. The summed E-state index contributed by atoms with van der Waals surface area (Å²) in [5.41, 5.74) is 14.2. The number of hydrogen-bond donors (Lipinski definition) is 0. The highest BCUT2D eigenvalue weighted by Crippen LogP contribution is 2.38. The summed E-state index contributed by atoms with van der Waals surface area (Å²) in [5, 5.41) is 2.12. The minimum absolute atomic E-state index is 0.668. The van der Waals surface area contributed by atoms with Gasteiger partial charge in [0.2, 0.25) is 5.71 Å². The molecule has 3 nitrogen and oxygen atoms in total. The van der Waals surface area contributed by atoms with E-state index < -0.39 is 0 Å². The Labute approximate surface area is 291 Å². The maximum Gasteiger partial charge on any atom is 0.227 e. The number of pyridine rings is 1. The highest BCUT2D eigenvalue weighted by molar-refractivity contribution is 6.04. The van der Waals surface area contributed by atoms with Crippen molar-refractivity contribution in [3.63, 3.8) is 0 Å². The SMILES string of the molecule is c1ccc(-c2ccc(N(c3ccc(-c4ccccc4)cc3)c3ccc(-c4cccc(-c5ccc6c(c5)oc5ncccc56)c4)cc3)cc2)cc1. The average molecular weight is 641 g/mol. The quantitative estimate of drug-likeness (QED) is 0.174. The van der Waals surface area contributed by atoms with Gasteiger partial charge in [0.05, 0.1) is 0 Å². The van der Waals surface area contributed by atoms with Crippen molar-refractivity contribution in [1.29, 1.82) is 0 Å². The zero-order chi connectivity index (χ0) is 33.3. The second-order valence-electron chi connectivity index (χ2n) is 12.5. The van der Waals surface area contributed by atoms with E-state index in [1.165, 1.54) is 22.3 Å². The van der Waals surface area contributed by atoms with Gasteiger partial charge in [-0.3, -0.25) is 0 Å². The summed E-state index contributed by atoms with van der Waals surface area (Å²) >= 11 is 0. The first-order valence-corrected chi connectivity index (χ1v) is 16.9. The minimum Gasteiger partial charge on any atom is -0.438 e.